The molecule has 3 aliphatic rings. The van der Waals surface area contributed by atoms with Crippen LogP contribution in [0, 0.1) is 0 Å². The molecular weight excluding hydrogens is 400 g/mol. The summed E-state index contributed by atoms with van der Waals surface area (Å²) < 4.78 is 13.8. The van der Waals surface area contributed by atoms with E-state index in [1.807, 2.05) is 45.5 Å². The van der Waals surface area contributed by atoms with Gasteiger partial charge >= 0.3 is 0 Å². The Morgan fingerprint density at radius 1 is 1.03 bits per heavy atom. The molecule has 1 atom stereocenters. The first-order valence-electron chi connectivity index (χ1n) is 12.4. The van der Waals surface area contributed by atoms with Gasteiger partial charge in [0.2, 0.25) is 0 Å². The molecule has 176 valence electrons. The molecule has 2 aromatic rings. The van der Waals surface area contributed by atoms with Crippen LogP contribution in [0.1, 0.15) is 78.5 Å². The monoisotopic (exact) mass is 440 g/mol. The molecule has 1 aliphatic carbocycles. The Bertz CT molecular complexity index is 862. The fraction of sp³-hybridized carbons (Fsp3) is 0.615. The Hall–Kier alpha value is -2.18. The van der Waals surface area contributed by atoms with E-state index in [2.05, 4.69) is 36.2 Å². The van der Waals surface area contributed by atoms with E-state index in [9.17, 15) is 0 Å². The first kappa shape index (κ1) is 24.5. The van der Waals surface area contributed by atoms with E-state index >= 15 is 0 Å². The smallest absolute Gasteiger partial charge is 0.128 e. The molecule has 0 spiro atoms. The van der Waals surface area contributed by atoms with E-state index in [1.165, 1.54) is 12.8 Å². The molecule has 0 radical (unpaired) electrons. The average Bonchev–Trinajstić information content (AvgIpc) is 3.57. The van der Waals surface area contributed by atoms with E-state index in [0.29, 0.717) is 18.8 Å². The average molecular weight is 441 g/mol. The van der Waals surface area contributed by atoms with Crippen molar-refractivity contribution < 1.29 is 9.47 Å². The molecule has 0 amide bonds. The van der Waals surface area contributed by atoms with Crippen LogP contribution >= 0.6 is 0 Å². The Morgan fingerprint density at radius 3 is 2.31 bits per heavy atom. The largest absolute Gasteiger partial charge is 0.375 e. The van der Waals surface area contributed by atoms with Gasteiger partial charge in [-0.2, -0.15) is 5.10 Å². The number of pyridine rings is 1. The predicted octanol–water partition coefficient (Wildman–Crippen LogP) is 5.79. The van der Waals surface area contributed by atoms with Gasteiger partial charge in [-0.15, -0.1) is 0 Å². The van der Waals surface area contributed by atoms with Crippen molar-refractivity contribution in [3.63, 3.8) is 0 Å². The van der Waals surface area contributed by atoms with Gasteiger partial charge in [-0.1, -0.05) is 33.8 Å². The Kier molecular flexibility index (Phi) is 8.88. The highest BCUT2D eigenvalue weighted by Crippen LogP contribution is 2.31. The van der Waals surface area contributed by atoms with Crippen LogP contribution in [0.5, 0.6) is 0 Å². The molecule has 1 saturated heterocycles. The Morgan fingerprint density at radius 2 is 1.72 bits per heavy atom. The highest BCUT2D eigenvalue weighted by Gasteiger charge is 2.29. The molecule has 0 N–H and O–H groups in total. The van der Waals surface area contributed by atoms with Crippen LogP contribution in [0.25, 0.3) is 11.3 Å². The zero-order valence-corrected chi connectivity index (χ0v) is 20.7. The molecule has 32 heavy (non-hydrogen) atoms. The lowest BCUT2D eigenvalue weighted by atomic mass is 10.0. The minimum absolute atomic E-state index is 0.0909. The summed E-state index contributed by atoms with van der Waals surface area (Å²) in [5, 5.41) is 4.81. The van der Waals surface area contributed by atoms with Gasteiger partial charge in [0.15, 0.2) is 0 Å². The molecule has 0 aromatic carbocycles. The molecule has 4 heterocycles. The van der Waals surface area contributed by atoms with E-state index in [4.69, 9.17) is 19.6 Å². The fourth-order valence-electron chi connectivity index (χ4n) is 4.16. The second-order valence-electron chi connectivity index (χ2n) is 8.04. The third-order valence-corrected chi connectivity index (χ3v) is 5.97. The van der Waals surface area contributed by atoms with Gasteiger partial charge in [0.1, 0.15) is 5.82 Å². The van der Waals surface area contributed by atoms with Crippen molar-refractivity contribution in [1.82, 2.24) is 14.8 Å². The van der Waals surface area contributed by atoms with Gasteiger partial charge in [0.25, 0.3) is 0 Å². The second kappa shape index (κ2) is 11.6. The maximum atomic E-state index is 6.06. The lowest BCUT2D eigenvalue weighted by Gasteiger charge is -2.32. The van der Waals surface area contributed by atoms with E-state index < -0.39 is 0 Å². The van der Waals surface area contributed by atoms with Gasteiger partial charge in [0, 0.05) is 30.4 Å². The molecule has 2 fully saturated rings. The maximum Gasteiger partial charge on any atom is 0.128 e. The highest BCUT2D eigenvalue weighted by molar-refractivity contribution is 5.69. The molecule has 5 rings (SSSR count). The van der Waals surface area contributed by atoms with Crippen molar-refractivity contribution in [2.75, 3.05) is 18.0 Å². The number of nitrogens with zero attached hydrogens (tertiary/aromatic N) is 4. The number of ether oxygens (including phenoxy) is 2. The summed E-state index contributed by atoms with van der Waals surface area (Å²) in [6.45, 7) is 14.8. The number of hydrogen-bond acceptors (Lipinski definition) is 5. The van der Waals surface area contributed by atoms with Gasteiger partial charge < -0.3 is 14.4 Å². The minimum Gasteiger partial charge on any atom is -0.375 e. The molecular formula is C26H40N4O2. The van der Waals surface area contributed by atoms with Crippen molar-refractivity contribution in [2.24, 2.45) is 0 Å². The highest BCUT2D eigenvalue weighted by atomic mass is 16.5. The molecule has 6 heteroatoms. The van der Waals surface area contributed by atoms with Crippen LogP contribution < -0.4 is 4.90 Å². The van der Waals surface area contributed by atoms with Gasteiger partial charge in [0.05, 0.1) is 42.5 Å². The van der Waals surface area contributed by atoms with Crippen LogP contribution in [0.2, 0.25) is 0 Å². The third-order valence-electron chi connectivity index (χ3n) is 5.97. The summed E-state index contributed by atoms with van der Waals surface area (Å²) in [7, 11) is 0. The summed E-state index contributed by atoms with van der Waals surface area (Å²) >= 11 is 0. The van der Waals surface area contributed by atoms with E-state index in [1.54, 1.807) is 0 Å². The first-order valence-corrected chi connectivity index (χ1v) is 12.4. The van der Waals surface area contributed by atoms with E-state index in [0.717, 1.165) is 54.3 Å². The first-order chi connectivity index (χ1) is 15.7. The number of fused-ring (bicyclic) bond motifs is 1. The van der Waals surface area contributed by atoms with Crippen molar-refractivity contribution in [3.8, 4) is 5.69 Å². The van der Waals surface area contributed by atoms with Gasteiger partial charge in [-0.25, -0.2) is 9.67 Å². The lowest BCUT2D eigenvalue weighted by molar-refractivity contribution is 0.0246. The molecule has 1 unspecified atom stereocenters. The number of anilines is 1. The van der Waals surface area contributed by atoms with Crippen LogP contribution in [0.3, 0.4) is 0 Å². The van der Waals surface area contributed by atoms with Crippen LogP contribution in [0.15, 0.2) is 30.6 Å². The normalized spacial score (nSPS) is 21.9. The number of aromatic nitrogens is 3. The SMILES string of the molecule is C/C=C1/c2nn(-c3ccc(N4CCC(OC5CC5)CC4)nc3)cc2COC1C.CC.CC. The summed E-state index contributed by atoms with van der Waals surface area (Å²) in [4.78, 5) is 7.08. The van der Waals surface area contributed by atoms with Crippen LogP contribution in [-0.2, 0) is 16.1 Å². The summed E-state index contributed by atoms with van der Waals surface area (Å²) in [6.07, 6.45) is 11.8. The number of piperidine rings is 1. The number of hydrogen-bond donors (Lipinski definition) is 0. The molecule has 0 bridgehead atoms. The lowest BCUT2D eigenvalue weighted by Crippen LogP contribution is -2.37. The summed E-state index contributed by atoms with van der Waals surface area (Å²) in [6, 6.07) is 4.21. The third kappa shape index (κ3) is 5.59. The number of rotatable bonds is 4. The maximum absolute atomic E-state index is 6.06. The standard InChI is InChI=1S/C22H28N4O2.2C2H6/c1-3-20-15(2)27-14-16-13-26(24-22(16)20)17-4-7-21(23-12-17)25-10-8-19(9-11-25)28-18-5-6-18;2*1-2/h3-4,7,12-13,15,18-19H,5-6,8-11,14H2,1-2H3;2*1-2H3/b20-3+;;. The van der Waals surface area contributed by atoms with Gasteiger partial charge in [-0.3, -0.25) is 0 Å². The summed E-state index contributed by atoms with van der Waals surface area (Å²) in [5.41, 5.74) is 4.31. The second-order valence-corrected chi connectivity index (χ2v) is 8.04. The fourth-order valence-corrected chi connectivity index (χ4v) is 4.16. The zero-order valence-electron chi connectivity index (χ0n) is 20.7. The minimum atomic E-state index is 0.0909. The van der Waals surface area contributed by atoms with Crippen molar-refractivity contribution in [2.45, 2.75) is 92.1 Å². The predicted molar refractivity (Wildman–Crippen MR) is 131 cm³/mol. The van der Waals surface area contributed by atoms with Crippen LogP contribution in [-0.4, -0.2) is 46.2 Å². The summed E-state index contributed by atoms with van der Waals surface area (Å²) in [5.74, 6) is 1.04. The zero-order chi connectivity index (χ0) is 23.1. The van der Waals surface area contributed by atoms with Crippen molar-refractivity contribution >= 4 is 11.4 Å². The molecule has 1 saturated carbocycles. The molecule has 6 nitrogen and oxygen atoms in total. The van der Waals surface area contributed by atoms with E-state index in [-0.39, 0.29) is 6.10 Å². The topological polar surface area (TPSA) is 52.4 Å². The molecule has 2 aromatic heterocycles. The molecule has 2 aliphatic heterocycles. The Balaban J connectivity index is 0.000000686. The van der Waals surface area contributed by atoms with Crippen molar-refractivity contribution in [3.05, 3.63) is 41.9 Å². The number of allylic oxidation sites excluding steroid dienone is 1. The van der Waals surface area contributed by atoms with Crippen LogP contribution in [0.4, 0.5) is 5.82 Å². The Labute approximate surface area is 193 Å². The quantitative estimate of drug-likeness (QED) is 0.602. The van der Waals surface area contributed by atoms with Gasteiger partial charge in [-0.05, 0) is 51.7 Å². The van der Waals surface area contributed by atoms with Crippen molar-refractivity contribution in [1.29, 1.82) is 0 Å².